The second-order valence-corrected chi connectivity index (χ2v) is 11.1. The summed E-state index contributed by atoms with van der Waals surface area (Å²) in [7, 11) is 0. The summed E-state index contributed by atoms with van der Waals surface area (Å²) in [4.78, 5) is 64.8. The third kappa shape index (κ3) is 5.35. The maximum absolute atomic E-state index is 13.4. The number of alkyl halides is 3. The number of hydrogen-bond donors (Lipinski definition) is 3. The minimum atomic E-state index is -5.04. The first-order valence-electron chi connectivity index (χ1n) is 12.1. The van der Waals surface area contributed by atoms with Gasteiger partial charge in [-0.3, -0.25) is 28.7 Å². The van der Waals surface area contributed by atoms with Gasteiger partial charge in [0.15, 0.2) is 5.78 Å². The number of fused-ring (bicyclic) bond motifs is 1. The van der Waals surface area contributed by atoms with Crippen molar-refractivity contribution in [1.82, 2.24) is 20.9 Å². The molecule has 0 aromatic carbocycles. The predicted octanol–water partition coefficient (Wildman–Crippen LogP) is 0.255. The second kappa shape index (κ2) is 9.00. The van der Waals surface area contributed by atoms with Crippen LogP contribution in [0.3, 0.4) is 0 Å². The molecule has 4 amide bonds. The molecule has 3 N–H and O–H groups in total. The van der Waals surface area contributed by atoms with Gasteiger partial charge in [0.1, 0.15) is 12.6 Å². The zero-order valence-corrected chi connectivity index (χ0v) is 20.4. The van der Waals surface area contributed by atoms with E-state index in [1.165, 1.54) is 4.90 Å². The van der Waals surface area contributed by atoms with Gasteiger partial charge in [-0.15, -0.1) is 13.2 Å². The van der Waals surface area contributed by atoms with Crippen LogP contribution in [0.15, 0.2) is 0 Å². The summed E-state index contributed by atoms with van der Waals surface area (Å²) in [6.45, 7) is 4.88. The average molecular weight is 517 g/mol. The Morgan fingerprint density at radius 2 is 1.86 bits per heavy atom. The van der Waals surface area contributed by atoms with Gasteiger partial charge in [-0.05, 0) is 49.9 Å². The van der Waals surface area contributed by atoms with Gasteiger partial charge in [-0.25, -0.2) is 0 Å². The molecular weight excluding hydrogens is 485 g/mol. The van der Waals surface area contributed by atoms with Crippen molar-refractivity contribution in [3.63, 3.8) is 0 Å². The standard InChI is InChI=1S/C23H31F3N4O6/c1-21(2)12-9-30(20(35)19(34)29-22(3)5-6-22)16(15(12)21)18(33)28-13(8-11-4-7-27-17(11)32)14(31)10-36-23(24,25)26/h11-13,15-16H,4-10H2,1-3H3,(H,27,32)(H,28,33)(H,29,34)/t11-,12-,13?,15-,16-/m0/s1. The zero-order chi connectivity index (χ0) is 26.6. The number of nitrogens with one attached hydrogen (secondary N) is 3. The van der Waals surface area contributed by atoms with Crippen LogP contribution in [0.25, 0.3) is 0 Å². The molecule has 2 saturated heterocycles. The Morgan fingerprint density at radius 1 is 1.19 bits per heavy atom. The highest BCUT2D eigenvalue weighted by Gasteiger charge is 2.69. The monoisotopic (exact) mass is 516 g/mol. The number of amides is 4. The molecule has 2 saturated carbocycles. The molecule has 2 aliphatic carbocycles. The average Bonchev–Trinajstić information content (AvgIpc) is 3.42. The van der Waals surface area contributed by atoms with E-state index in [4.69, 9.17) is 0 Å². The van der Waals surface area contributed by atoms with Crippen LogP contribution >= 0.6 is 0 Å². The van der Waals surface area contributed by atoms with Gasteiger partial charge in [-0.1, -0.05) is 13.8 Å². The molecule has 4 fully saturated rings. The molecule has 0 spiro atoms. The van der Waals surface area contributed by atoms with Crippen LogP contribution in [0.4, 0.5) is 13.2 Å². The molecular formula is C23H31F3N4O6. The number of rotatable bonds is 8. The molecule has 36 heavy (non-hydrogen) atoms. The lowest BCUT2D eigenvalue weighted by atomic mass is 9.95. The van der Waals surface area contributed by atoms with Crippen LogP contribution in [0.2, 0.25) is 0 Å². The fraction of sp³-hybridized carbons (Fsp3) is 0.783. The van der Waals surface area contributed by atoms with E-state index in [-0.39, 0.29) is 36.1 Å². The summed E-state index contributed by atoms with van der Waals surface area (Å²) in [5, 5.41) is 7.75. The second-order valence-electron chi connectivity index (χ2n) is 11.1. The summed E-state index contributed by atoms with van der Waals surface area (Å²) < 4.78 is 41.2. The van der Waals surface area contributed by atoms with Crippen LogP contribution in [-0.4, -0.2) is 78.0 Å². The Balaban J connectivity index is 1.49. The molecule has 13 heteroatoms. The molecule has 0 radical (unpaired) electrons. The number of carbonyl (C=O) groups excluding carboxylic acids is 5. The lowest BCUT2D eigenvalue weighted by molar-refractivity contribution is -0.321. The minimum Gasteiger partial charge on any atom is -0.356 e. The fourth-order valence-corrected chi connectivity index (χ4v) is 5.50. The van der Waals surface area contributed by atoms with Crippen molar-refractivity contribution < 1.29 is 41.9 Å². The Morgan fingerprint density at radius 3 is 2.42 bits per heavy atom. The van der Waals surface area contributed by atoms with Gasteiger partial charge in [-0.2, -0.15) is 0 Å². The number of halogens is 3. The topological polar surface area (TPSA) is 134 Å². The number of nitrogens with zero attached hydrogens (tertiary/aromatic N) is 1. The fourth-order valence-electron chi connectivity index (χ4n) is 5.50. The maximum atomic E-state index is 13.4. The van der Waals surface area contributed by atoms with Crippen LogP contribution in [-0.2, 0) is 28.7 Å². The van der Waals surface area contributed by atoms with E-state index < -0.39 is 60.0 Å². The Bertz CT molecular complexity index is 979. The number of ketones is 1. The van der Waals surface area contributed by atoms with Crippen LogP contribution in [0, 0.1) is 23.2 Å². The van der Waals surface area contributed by atoms with E-state index >= 15 is 0 Å². The summed E-state index contributed by atoms with van der Waals surface area (Å²) in [5.74, 6) is -4.79. The number of ether oxygens (including phenoxy) is 1. The van der Waals surface area contributed by atoms with Crippen molar-refractivity contribution in [1.29, 1.82) is 0 Å². The number of carbonyl (C=O) groups is 5. The molecule has 10 nitrogen and oxygen atoms in total. The Hall–Kier alpha value is -2.70. The highest BCUT2D eigenvalue weighted by molar-refractivity contribution is 6.35. The Labute approximate surface area is 206 Å². The number of hydrogen-bond acceptors (Lipinski definition) is 6. The highest BCUT2D eigenvalue weighted by Crippen LogP contribution is 2.64. The zero-order valence-electron chi connectivity index (χ0n) is 20.4. The lowest BCUT2D eigenvalue weighted by Crippen LogP contribution is -2.57. The lowest BCUT2D eigenvalue weighted by Gasteiger charge is -2.31. The normalized spacial score (nSPS) is 30.2. The van der Waals surface area contributed by atoms with Crippen LogP contribution < -0.4 is 16.0 Å². The predicted molar refractivity (Wildman–Crippen MR) is 117 cm³/mol. The van der Waals surface area contributed by atoms with Crippen molar-refractivity contribution >= 4 is 29.4 Å². The maximum Gasteiger partial charge on any atom is 0.522 e. The molecule has 0 bridgehead atoms. The number of piperidine rings is 1. The number of likely N-dealkylation sites (tertiary alicyclic amines) is 1. The van der Waals surface area contributed by atoms with Crippen LogP contribution in [0.5, 0.6) is 0 Å². The number of Topliss-reactive ketones (excluding diaryl/α,β-unsaturated/α-hetero) is 1. The van der Waals surface area contributed by atoms with Gasteiger partial charge >= 0.3 is 18.2 Å². The summed E-state index contributed by atoms with van der Waals surface area (Å²) in [5.41, 5.74) is -0.730. The summed E-state index contributed by atoms with van der Waals surface area (Å²) >= 11 is 0. The van der Waals surface area contributed by atoms with E-state index in [1.54, 1.807) is 0 Å². The first kappa shape index (κ1) is 26.4. The molecule has 5 atom stereocenters. The Kier molecular flexibility index (Phi) is 6.59. The minimum absolute atomic E-state index is 0.0372. The van der Waals surface area contributed by atoms with E-state index in [2.05, 4.69) is 20.7 Å². The van der Waals surface area contributed by atoms with Gasteiger partial charge in [0.05, 0.1) is 6.04 Å². The molecule has 2 aliphatic heterocycles. The third-order valence-electron chi connectivity index (χ3n) is 8.11. The van der Waals surface area contributed by atoms with Gasteiger partial charge in [0.2, 0.25) is 11.8 Å². The molecule has 0 aromatic heterocycles. The summed E-state index contributed by atoms with van der Waals surface area (Å²) in [6.07, 6.45) is -3.39. The van der Waals surface area contributed by atoms with Gasteiger partial charge < -0.3 is 20.9 Å². The SMILES string of the molecule is CC1(NC(=O)C(=O)N2C[C@H]3[C@@H]([C@H]2C(=O)NC(C[C@@H]2CCNC2=O)C(=O)COC(F)(F)F)C3(C)C)CC1. The third-order valence-corrected chi connectivity index (χ3v) is 8.11. The molecule has 1 unspecified atom stereocenters. The quantitative estimate of drug-likeness (QED) is 0.396. The molecule has 4 aliphatic rings. The van der Waals surface area contributed by atoms with Crippen LogP contribution in [0.1, 0.15) is 46.5 Å². The van der Waals surface area contributed by atoms with E-state index in [0.717, 1.165) is 12.8 Å². The summed E-state index contributed by atoms with van der Waals surface area (Å²) in [6, 6.07) is -2.49. The molecule has 200 valence electrons. The van der Waals surface area contributed by atoms with Crippen molar-refractivity contribution in [3.8, 4) is 0 Å². The van der Waals surface area contributed by atoms with Gasteiger partial charge in [0, 0.05) is 24.5 Å². The van der Waals surface area contributed by atoms with Crippen molar-refractivity contribution in [2.75, 3.05) is 19.7 Å². The first-order valence-corrected chi connectivity index (χ1v) is 12.1. The van der Waals surface area contributed by atoms with E-state index in [0.29, 0.717) is 13.0 Å². The van der Waals surface area contributed by atoms with Crippen molar-refractivity contribution in [2.24, 2.45) is 23.2 Å². The van der Waals surface area contributed by atoms with E-state index in [1.807, 2.05) is 20.8 Å². The smallest absolute Gasteiger partial charge is 0.356 e. The highest BCUT2D eigenvalue weighted by atomic mass is 19.4. The van der Waals surface area contributed by atoms with Crippen molar-refractivity contribution in [3.05, 3.63) is 0 Å². The molecule has 2 heterocycles. The largest absolute Gasteiger partial charge is 0.522 e. The van der Waals surface area contributed by atoms with E-state index in [9.17, 15) is 37.1 Å². The van der Waals surface area contributed by atoms with Gasteiger partial charge in [0.25, 0.3) is 0 Å². The first-order chi connectivity index (χ1) is 16.6. The molecule has 0 aromatic rings. The van der Waals surface area contributed by atoms with Crippen molar-refractivity contribution in [2.45, 2.75) is 70.4 Å². The molecule has 4 rings (SSSR count).